The highest BCUT2D eigenvalue weighted by Crippen LogP contribution is 2.30. The first-order chi connectivity index (χ1) is 11.0. The van der Waals surface area contributed by atoms with Crippen LogP contribution in [-0.2, 0) is 10.0 Å². The van der Waals surface area contributed by atoms with Crippen molar-refractivity contribution in [2.75, 3.05) is 13.1 Å². The standard InChI is InChI=1S/C17H24N2O3S/c1-2-11-19(12-13-3-4-13)17(20)14-5-9-16(10-6-14)23(21,22)18-15-7-8-15/h5-6,9-10,13,15,18H,2-4,7-8,11-12H2,1H3. The summed E-state index contributed by atoms with van der Waals surface area (Å²) in [5.74, 6) is 0.644. The van der Waals surface area contributed by atoms with E-state index < -0.39 is 10.0 Å². The van der Waals surface area contributed by atoms with Crippen molar-refractivity contribution in [1.29, 1.82) is 0 Å². The molecule has 6 heteroatoms. The molecule has 126 valence electrons. The van der Waals surface area contributed by atoms with Crippen molar-refractivity contribution in [3.8, 4) is 0 Å². The second kappa shape index (κ2) is 6.61. The molecule has 0 unspecified atom stereocenters. The van der Waals surface area contributed by atoms with Gasteiger partial charge in [0.25, 0.3) is 5.91 Å². The van der Waals surface area contributed by atoms with Crippen molar-refractivity contribution in [2.45, 2.75) is 50.0 Å². The number of carbonyl (C=O) groups excluding carboxylic acids is 1. The lowest BCUT2D eigenvalue weighted by Gasteiger charge is -2.22. The Bertz CT molecular complexity index is 662. The number of nitrogens with one attached hydrogen (secondary N) is 1. The molecule has 0 saturated heterocycles. The van der Waals surface area contributed by atoms with E-state index in [-0.39, 0.29) is 16.8 Å². The molecular weight excluding hydrogens is 312 g/mol. The zero-order valence-corrected chi connectivity index (χ0v) is 14.3. The van der Waals surface area contributed by atoms with Gasteiger partial charge >= 0.3 is 0 Å². The van der Waals surface area contributed by atoms with Gasteiger partial charge in [0.2, 0.25) is 10.0 Å². The molecule has 3 rings (SSSR count). The quantitative estimate of drug-likeness (QED) is 0.793. The highest BCUT2D eigenvalue weighted by Gasteiger charge is 2.29. The van der Waals surface area contributed by atoms with Crippen molar-refractivity contribution in [3.05, 3.63) is 29.8 Å². The molecule has 0 bridgehead atoms. The lowest BCUT2D eigenvalue weighted by molar-refractivity contribution is 0.0747. The lowest BCUT2D eigenvalue weighted by Crippen LogP contribution is -2.33. The monoisotopic (exact) mass is 336 g/mol. The van der Waals surface area contributed by atoms with Crippen LogP contribution in [0.2, 0.25) is 0 Å². The number of carbonyl (C=O) groups is 1. The normalized spacial score (nSPS) is 18.0. The minimum Gasteiger partial charge on any atom is -0.338 e. The third kappa shape index (κ3) is 4.32. The summed E-state index contributed by atoms with van der Waals surface area (Å²) < 4.78 is 26.9. The average Bonchev–Trinajstić information content (AvgIpc) is 3.43. The highest BCUT2D eigenvalue weighted by molar-refractivity contribution is 7.89. The Morgan fingerprint density at radius 2 is 1.83 bits per heavy atom. The Kier molecular flexibility index (Phi) is 4.73. The minimum atomic E-state index is -3.45. The molecule has 1 N–H and O–H groups in total. The molecule has 0 aliphatic heterocycles. The first-order valence-corrected chi connectivity index (χ1v) is 9.89. The van der Waals surface area contributed by atoms with Crippen LogP contribution < -0.4 is 4.72 Å². The maximum atomic E-state index is 12.6. The number of nitrogens with zero attached hydrogens (tertiary/aromatic N) is 1. The van der Waals surface area contributed by atoms with Gasteiger partial charge in [-0.2, -0.15) is 0 Å². The van der Waals surface area contributed by atoms with E-state index in [1.54, 1.807) is 12.1 Å². The fourth-order valence-corrected chi connectivity index (χ4v) is 3.91. The van der Waals surface area contributed by atoms with Crippen molar-refractivity contribution in [2.24, 2.45) is 5.92 Å². The van der Waals surface area contributed by atoms with E-state index in [1.807, 2.05) is 4.90 Å². The van der Waals surface area contributed by atoms with Crippen LogP contribution in [0.5, 0.6) is 0 Å². The molecule has 23 heavy (non-hydrogen) atoms. The zero-order valence-electron chi connectivity index (χ0n) is 13.5. The Hall–Kier alpha value is -1.40. The average molecular weight is 336 g/mol. The largest absolute Gasteiger partial charge is 0.338 e. The topological polar surface area (TPSA) is 66.5 Å². The molecule has 0 aromatic heterocycles. The number of sulfonamides is 1. The van der Waals surface area contributed by atoms with Gasteiger partial charge in [-0.1, -0.05) is 6.92 Å². The number of amides is 1. The van der Waals surface area contributed by atoms with Gasteiger partial charge in [-0.15, -0.1) is 0 Å². The van der Waals surface area contributed by atoms with Gasteiger partial charge in [0.05, 0.1) is 4.90 Å². The fraction of sp³-hybridized carbons (Fsp3) is 0.588. The SMILES string of the molecule is CCCN(CC1CC1)C(=O)c1ccc(S(=O)(=O)NC2CC2)cc1. The van der Waals surface area contributed by atoms with Crippen LogP contribution in [-0.4, -0.2) is 38.4 Å². The summed E-state index contributed by atoms with van der Waals surface area (Å²) in [5.41, 5.74) is 0.560. The Labute approximate surface area is 138 Å². The van der Waals surface area contributed by atoms with E-state index in [2.05, 4.69) is 11.6 Å². The van der Waals surface area contributed by atoms with Crippen molar-refractivity contribution in [3.63, 3.8) is 0 Å². The molecule has 2 aliphatic carbocycles. The number of hydrogen-bond donors (Lipinski definition) is 1. The van der Waals surface area contributed by atoms with E-state index in [0.29, 0.717) is 11.5 Å². The molecule has 0 radical (unpaired) electrons. The van der Waals surface area contributed by atoms with Gasteiger partial charge < -0.3 is 4.90 Å². The lowest BCUT2D eigenvalue weighted by atomic mass is 10.2. The van der Waals surface area contributed by atoms with Crippen molar-refractivity contribution >= 4 is 15.9 Å². The Morgan fingerprint density at radius 1 is 1.17 bits per heavy atom. The minimum absolute atomic E-state index is 0.00199. The van der Waals surface area contributed by atoms with E-state index in [1.165, 1.54) is 25.0 Å². The van der Waals surface area contributed by atoms with Crippen molar-refractivity contribution < 1.29 is 13.2 Å². The van der Waals surface area contributed by atoms with Gasteiger partial charge in [-0.05, 0) is 62.3 Å². The van der Waals surface area contributed by atoms with Gasteiger partial charge in [0, 0.05) is 24.7 Å². The Morgan fingerprint density at radius 3 is 2.35 bits per heavy atom. The van der Waals surface area contributed by atoms with Crippen LogP contribution >= 0.6 is 0 Å². The third-order valence-corrected chi connectivity index (χ3v) is 5.80. The molecular formula is C17H24N2O3S. The number of rotatable bonds is 8. The fourth-order valence-electron chi connectivity index (χ4n) is 2.61. The molecule has 1 aromatic carbocycles. The maximum Gasteiger partial charge on any atom is 0.253 e. The second-order valence-electron chi connectivity index (χ2n) is 6.61. The third-order valence-electron chi connectivity index (χ3n) is 4.27. The summed E-state index contributed by atoms with van der Waals surface area (Å²) in [6, 6.07) is 6.39. The van der Waals surface area contributed by atoms with Crippen LogP contribution in [0.4, 0.5) is 0 Å². The first kappa shape index (κ1) is 16.5. The molecule has 0 spiro atoms. The molecule has 0 atom stereocenters. The zero-order chi connectivity index (χ0) is 16.4. The van der Waals surface area contributed by atoms with E-state index in [9.17, 15) is 13.2 Å². The summed E-state index contributed by atoms with van der Waals surface area (Å²) in [4.78, 5) is 14.7. The number of benzene rings is 1. The highest BCUT2D eigenvalue weighted by atomic mass is 32.2. The van der Waals surface area contributed by atoms with Crippen molar-refractivity contribution in [1.82, 2.24) is 9.62 Å². The second-order valence-corrected chi connectivity index (χ2v) is 8.33. The predicted molar refractivity (Wildman–Crippen MR) is 88.7 cm³/mol. The van der Waals surface area contributed by atoms with E-state index >= 15 is 0 Å². The van der Waals surface area contributed by atoms with E-state index in [0.717, 1.165) is 32.4 Å². The summed E-state index contributed by atoms with van der Waals surface area (Å²) in [5, 5.41) is 0. The first-order valence-electron chi connectivity index (χ1n) is 8.41. The maximum absolute atomic E-state index is 12.6. The van der Waals surface area contributed by atoms with Crippen LogP contribution in [0.25, 0.3) is 0 Å². The van der Waals surface area contributed by atoms with Gasteiger partial charge in [0.15, 0.2) is 0 Å². The van der Waals surface area contributed by atoms with Gasteiger partial charge in [-0.3, -0.25) is 4.79 Å². The van der Waals surface area contributed by atoms with Crippen LogP contribution in [0.15, 0.2) is 29.2 Å². The van der Waals surface area contributed by atoms with Crippen LogP contribution in [0.3, 0.4) is 0 Å². The summed E-state index contributed by atoms with van der Waals surface area (Å²) in [7, 11) is -3.45. The summed E-state index contributed by atoms with van der Waals surface area (Å²) in [6.07, 6.45) is 5.15. The Balaban J connectivity index is 1.70. The summed E-state index contributed by atoms with van der Waals surface area (Å²) in [6.45, 7) is 3.63. The molecule has 5 nitrogen and oxygen atoms in total. The van der Waals surface area contributed by atoms with E-state index in [4.69, 9.17) is 0 Å². The van der Waals surface area contributed by atoms with Gasteiger partial charge in [-0.25, -0.2) is 13.1 Å². The molecule has 1 aromatic rings. The van der Waals surface area contributed by atoms with Gasteiger partial charge in [0.1, 0.15) is 0 Å². The molecule has 1 amide bonds. The smallest absolute Gasteiger partial charge is 0.253 e. The molecule has 2 saturated carbocycles. The number of hydrogen-bond acceptors (Lipinski definition) is 3. The molecule has 2 fully saturated rings. The summed E-state index contributed by atoms with van der Waals surface area (Å²) >= 11 is 0. The molecule has 0 heterocycles. The predicted octanol–water partition coefficient (Wildman–Crippen LogP) is 2.39. The molecule has 2 aliphatic rings. The van der Waals surface area contributed by atoms with Crippen LogP contribution in [0, 0.1) is 5.92 Å². The van der Waals surface area contributed by atoms with Crippen LogP contribution in [0.1, 0.15) is 49.4 Å².